The highest BCUT2D eigenvalue weighted by Crippen LogP contribution is 2.20. The lowest BCUT2D eigenvalue weighted by atomic mass is 10.1. The first kappa shape index (κ1) is 23.4. The summed E-state index contributed by atoms with van der Waals surface area (Å²) in [6, 6.07) is 14.0. The molecule has 0 aromatic heterocycles. The number of Topliss-reactive ketones (excluding diaryl/α,β-unsaturated/α-hetero) is 1. The van der Waals surface area contributed by atoms with Crippen LogP contribution in [0.3, 0.4) is 0 Å². The molecule has 1 N–H and O–H groups in total. The lowest BCUT2D eigenvalue weighted by Crippen LogP contribution is -2.40. The van der Waals surface area contributed by atoms with E-state index < -0.39 is 15.9 Å². The molecule has 0 radical (unpaired) electrons. The number of anilines is 1. The number of para-hydroxylation sites is 1. The number of benzene rings is 2. The van der Waals surface area contributed by atoms with Gasteiger partial charge in [0, 0.05) is 12.1 Å². The number of carbonyl (C=O) groups excluding carboxylic acids is 2. The highest BCUT2D eigenvalue weighted by atomic mass is 32.2. The normalized spacial score (nSPS) is 11.0. The number of carbonyl (C=O) groups is 2. The molecule has 0 saturated carbocycles. The second kappa shape index (κ2) is 10.8. The van der Waals surface area contributed by atoms with Gasteiger partial charge in [-0.05, 0) is 50.5 Å². The van der Waals surface area contributed by atoms with Gasteiger partial charge in [0.1, 0.15) is 12.3 Å². The third-order valence-electron chi connectivity index (χ3n) is 4.45. The maximum Gasteiger partial charge on any atom is 0.240 e. The zero-order valence-electron chi connectivity index (χ0n) is 17.6. The van der Waals surface area contributed by atoms with Crippen LogP contribution in [0.15, 0.2) is 48.5 Å². The fourth-order valence-electron chi connectivity index (χ4n) is 2.98. The van der Waals surface area contributed by atoms with E-state index in [0.717, 1.165) is 28.3 Å². The van der Waals surface area contributed by atoms with E-state index in [0.29, 0.717) is 25.1 Å². The first-order valence-electron chi connectivity index (χ1n) is 9.78. The van der Waals surface area contributed by atoms with Crippen LogP contribution in [0.5, 0.6) is 5.75 Å². The summed E-state index contributed by atoms with van der Waals surface area (Å²) in [5.41, 5.74) is 1.73. The number of hydrogen-bond acceptors (Lipinski definition) is 5. The van der Waals surface area contributed by atoms with Crippen LogP contribution < -0.4 is 14.4 Å². The third kappa shape index (κ3) is 6.88. The Balaban J connectivity index is 1.96. The van der Waals surface area contributed by atoms with Crippen molar-refractivity contribution in [2.75, 3.05) is 30.3 Å². The summed E-state index contributed by atoms with van der Waals surface area (Å²) in [6.07, 6.45) is 2.45. The van der Waals surface area contributed by atoms with Crippen molar-refractivity contribution in [3.8, 4) is 5.75 Å². The summed E-state index contributed by atoms with van der Waals surface area (Å²) in [5.74, 6) is 0.244. The molecule has 0 unspecified atom stereocenters. The third-order valence-corrected chi connectivity index (χ3v) is 5.59. The van der Waals surface area contributed by atoms with Crippen LogP contribution in [-0.4, -0.2) is 46.1 Å². The van der Waals surface area contributed by atoms with Crippen molar-refractivity contribution in [3.05, 3.63) is 59.7 Å². The van der Waals surface area contributed by atoms with Gasteiger partial charge in [-0.25, -0.2) is 8.42 Å². The zero-order valence-corrected chi connectivity index (χ0v) is 18.4. The predicted octanol–water partition coefficient (Wildman–Crippen LogP) is 2.80. The summed E-state index contributed by atoms with van der Waals surface area (Å²) in [7, 11) is -3.70. The number of aryl methyl sites for hydroxylation is 1. The summed E-state index contributed by atoms with van der Waals surface area (Å²) < 4.78 is 31.0. The zero-order chi connectivity index (χ0) is 22.1. The lowest BCUT2D eigenvalue weighted by molar-refractivity contribution is -0.119. The second-order valence-corrected chi connectivity index (χ2v) is 8.78. The molecule has 162 valence electrons. The molecule has 7 nitrogen and oxygen atoms in total. The largest absolute Gasteiger partial charge is 0.494 e. The van der Waals surface area contributed by atoms with E-state index in [1.54, 1.807) is 18.2 Å². The summed E-state index contributed by atoms with van der Waals surface area (Å²) in [5, 5.41) is 2.76. The first-order valence-corrected chi connectivity index (χ1v) is 11.6. The van der Waals surface area contributed by atoms with Gasteiger partial charge in [-0.15, -0.1) is 0 Å². The molecule has 30 heavy (non-hydrogen) atoms. The minimum atomic E-state index is -3.70. The molecular weight excluding hydrogens is 404 g/mol. The van der Waals surface area contributed by atoms with Gasteiger partial charge in [-0.2, -0.15) is 0 Å². The van der Waals surface area contributed by atoms with Crippen molar-refractivity contribution in [1.82, 2.24) is 5.32 Å². The predicted molar refractivity (Wildman–Crippen MR) is 118 cm³/mol. The van der Waals surface area contributed by atoms with E-state index in [2.05, 4.69) is 5.32 Å². The Morgan fingerprint density at radius 2 is 1.83 bits per heavy atom. The minimum Gasteiger partial charge on any atom is -0.494 e. The van der Waals surface area contributed by atoms with Crippen molar-refractivity contribution in [2.45, 2.75) is 26.7 Å². The van der Waals surface area contributed by atoms with Crippen LogP contribution >= 0.6 is 0 Å². The van der Waals surface area contributed by atoms with Gasteiger partial charge in [0.2, 0.25) is 15.9 Å². The molecule has 0 saturated heterocycles. The van der Waals surface area contributed by atoms with Crippen LogP contribution in [0, 0.1) is 0 Å². The molecular formula is C22H28N2O5S. The SMILES string of the molecule is CCOc1ccccc1CCCNC(=O)CN(c1cccc(C(C)=O)c1)S(C)(=O)=O. The Morgan fingerprint density at radius 3 is 2.50 bits per heavy atom. The number of nitrogens with one attached hydrogen (secondary N) is 1. The van der Waals surface area contributed by atoms with Crippen LogP contribution in [-0.2, 0) is 21.2 Å². The van der Waals surface area contributed by atoms with Crippen LogP contribution in [0.4, 0.5) is 5.69 Å². The fourth-order valence-corrected chi connectivity index (χ4v) is 3.83. The smallest absolute Gasteiger partial charge is 0.240 e. The number of ketones is 1. The molecule has 0 fully saturated rings. The van der Waals surface area contributed by atoms with Gasteiger partial charge in [0.25, 0.3) is 0 Å². The maximum absolute atomic E-state index is 12.4. The first-order chi connectivity index (χ1) is 14.2. The number of hydrogen-bond donors (Lipinski definition) is 1. The Hall–Kier alpha value is -2.87. The highest BCUT2D eigenvalue weighted by molar-refractivity contribution is 7.92. The summed E-state index contributed by atoms with van der Waals surface area (Å²) in [6.45, 7) is 3.97. The molecule has 0 bridgehead atoms. The molecule has 0 aliphatic rings. The second-order valence-electron chi connectivity index (χ2n) is 6.87. The van der Waals surface area contributed by atoms with E-state index in [9.17, 15) is 18.0 Å². The van der Waals surface area contributed by atoms with E-state index in [1.165, 1.54) is 13.0 Å². The standard InChI is InChI=1S/C22H28N2O5S/c1-4-29-21-13-6-5-9-18(21)11-8-14-23-22(26)16-24(30(3,27)28)20-12-7-10-19(15-20)17(2)25/h5-7,9-10,12-13,15H,4,8,11,14,16H2,1-3H3,(H,23,26). The Labute approximate surface area is 178 Å². The molecule has 2 rings (SSSR count). The number of sulfonamides is 1. The number of ether oxygens (including phenoxy) is 1. The van der Waals surface area contributed by atoms with Crippen molar-refractivity contribution < 1.29 is 22.7 Å². The Kier molecular flexibility index (Phi) is 8.41. The number of nitrogens with zero attached hydrogens (tertiary/aromatic N) is 1. The van der Waals surface area contributed by atoms with Gasteiger partial charge in [-0.1, -0.05) is 30.3 Å². The van der Waals surface area contributed by atoms with Crippen molar-refractivity contribution in [3.63, 3.8) is 0 Å². The fraction of sp³-hybridized carbons (Fsp3) is 0.364. The van der Waals surface area contributed by atoms with E-state index in [-0.39, 0.29) is 18.0 Å². The van der Waals surface area contributed by atoms with Gasteiger partial charge >= 0.3 is 0 Å². The van der Waals surface area contributed by atoms with Crippen LogP contribution in [0.1, 0.15) is 36.2 Å². The average Bonchev–Trinajstić information content (AvgIpc) is 2.70. The quantitative estimate of drug-likeness (QED) is 0.435. The maximum atomic E-state index is 12.4. The molecule has 0 spiro atoms. The lowest BCUT2D eigenvalue weighted by Gasteiger charge is -2.22. The monoisotopic (exact) mass is 432 g/mol. The minimum absolute atomic E-state index is 0.179. The van der Waals surface area contributed by atoms with Crippen LogP contribution in [0.2, 0.25) is 0 Å². The van der Waals surface area contributed by atoms with Gasteiger partial charge in [-0.3, -0.25) is 13.9 Å². The number of rotatable bonds is 11. The average molecular weight is 433 g/mol. The van der Waals surface area contributed by atoms with Gasteiger partial charge in [0.15, 0.2) is 5.78 Å². The van der Waals surface area contributed by atoms with Crippen molar-refractivity contribution >= 4 is 27.4 Å². The Morgan fingerprint density at radius 1 is 1.10 bits per heavy atom. The molecule has 0 heterocycles. The summed E-state index contributed by atoms with van der Waals surface area (Å²) >= 11 is 0. The highest BCUT2D eigenvalue weighted by Gasteiger charge is 2.21. The summed E-state index contributed by atoms with van der Waals surface area (Å²) in [4.78, 5) is 24.0. The topological polar surface area (TPSA) is 92.8 Å². The van der Waals surface area contributed by atoms with Gasteiger partial charge in [0.05, 0.1) is 18.6 Å². The molecule has 0 atom stereocenters. The molecule has 8 heteroatoms. The van der Waals surface area contributed by atoms with Crippen molar-refractivity contribution in [1.29, 1.82) is 0 Å². The van der Waals surface area contributed by atoms with Gasteiger partial charge < -0.3 is 10.1 Å². The molecule has 0 aliphatic heterocycles. The Bertz CT molecular complexity index is 989. The molecule has 2 aromatic carbocycles. The molecule has 1 amide bonds. The van der Waals surface area contributed by atoms with E-state index in [4.69, 9.17) is 4.74 Å². The molecule has 0 aliphatic carbocycles. The van der Waals surface area contributed by atoms with E-state index >= 15 is 0 Å². The number of amides is 1. The van der Waals surface area contributed by atoms with Crippen molar-refractivity contribution in [2.24, 2.45) is 0 Å². The molecule has 2 aromatic rings. The van der Waals surface area contributed by atoms with Crippen LogP contribution in [0.25, 0.3) is 0 Å². The van der Waals surface area contributed by atoms with E-state index in [1.807, 2.05) is 31.2 Å².